The van der Waals surface area contributed by atoms with Gasteiger partial charge in [0.2, 0.25) is 0 Å². The average Bonchev–Trinajstić information content (AvgIpc) is 1.83. The lowest BCUT2D eigenvalue weighted by Gasteiger charge is -2.33. The summed E-state index contributed by atoms with van der Waals surface area (Å²) in [5.74, 6) is 1.16. The third-order valence-corrected chi connectivity index (χ3v) is 4.51. The van der Waals surface area contributed by atoms with Crippen LogP contribution in [0.3, 0.4) is 0 Å². The van der Waals surface area contributed by atoms with E-state index in [-0.39, 0.29) is 5.41 Å². The monoisotopic (exact) mass is 190 g/mol. The molecule has 1 heterocycles. The zero-order chi connectivity index (χ0) is 9.41. The average molecular weight is 190 g/mol. The van der Waals surface area contributed by atoms with Crippen LogP contribution in [0.25, 0.3) is 0 Å². The highest BCUT2D eigenvalue weighted by atomic mass is 32.2. The third kappa shape index (κ3) is 2.47. The topological polar surface area (TPSA) is 34.1 Å². The van der Waals surface area contributed by atoms with Gasteiger partial charge in [-0.05, 0) is 24.2 Å². The summed E-state index contributed by atoms with van der Waals surface area (Å²) in [6.45, 7) is 6.37. The molecule has 3 heteroatoms. The first-order valence-electron chi connectivity index (χ1n) is 4.52. The van der Waals surface area contributed by atoms with Gasteiger partial charge >= 0.3 is 0 Å². The van der Waals surface area contributed by atoms with E-state index in [1.807, 2.05) is 0 Å². The van der Waals surface area contributed by atoms with Crippen LogP contribution >= 0.6 is 0 Å². The van der Waals surface area contributed by atoms with Gasteiger partial charge in [-0.3, -0.25) is 0 Å². The maximum Gasteiger partial charge on any atom is 0.150 e. The van der Waals surface area contributed by atoms with Crippen molar-refractivity contribution in [3.05, 3.63) is 0 Å². The normalized spacial score (nSPS) is 30.1. The van der Waals surface area contributed by atoms with Gasteiger partial charge in [0.1, 0.15) is 0 Å². The minimum Gasteiger partial charge on any atom is -0.229 e. The number of rotatable bonds is 0. The summed E-state index contributed by atoms with van der Waals surface area (Å²) in [7, 11) is -2.72. The Balaban J connectivity index is 2.71. The summed E-state index contributed by atoms with van der Waals surface area (Å²) in [6, 6.07) is 0. The van der Waals surface area contributed by atoms with Gasteiger partial charge in [-0.25, -0.2) is 8.42 Å². The van der Waals surface area contributed by atoms with Crippen molar-refractivity contribution in [1.29, 1.82) is 0 Å². The molecule has 0 aromatic carbocycles. The molecule has 0 saturated carbocycles. The molecule has 72 valence electrons. The predicted molar refractivity (Wildman–Crippen MR) is 50.8 cm³/mol. The fourth-order valence-electron chi connectivity index (χ4n) is 1.71. The summed E-state index contributed by atoms with van der Waals surface area (Å²) >= 11 is 0. The molecule has 0 bridgehead atoms. The Labute approximate surface area is 75.3 Å². The second kappa shape index (κ2) is 3.02. The van der Waals surface area contributed by atoms with E-state index in [1.54, 1.807) is 0 Å². The van der Waals surface area contributed by atoms with Crippen LogP contribution in [0.1, 0.15) is 33.6 Å². The van der Waals surface area contributed by atoms with Crippen LogP contribution in [0, 0.1) is 11.3 Å². The maximum absolute atomic E-state index is 11.3. The standard InChI is InChI=1S/C9H18O2S/c1-9(2,3)8-5-4-6-12(10,11)7-8/h8H,4-7H2,1-3H3/t8-/m1/s1. The van der Waals surface area contributed by atoms with Crippen molar-refractivity contribution in [3.63, 3.8) is 0 Å². The van der Waals surface area contributed by atoms with Crippen molar-refractivity contribution in [2.75, 3.05) is 11.5 Å². The zero-order valence-electron chi connectivity index (χ0n) is 8.13. The van der Waals surface area contributed by atoms with Gasteiger partial charge in [-0.15, -0.1) is 0 Å². The zero-order valence-corrected chi connectivity index (χ0v) is 8.95. The van der Waals surface area contributed by atoms with Crippen molar-refractivity contribution in [2.24, 2.45) is 11.3 Å². The molecule has 0 radical (unpaired) electrons. The highest BCUT2D eigenvalue weighted by molar-refractivity contribution is 7.91. The fraction of sp³-hybridized carbons (Fsp3) is 1.00. The van der Waals surface area contributed by atoms with Crippen molar-refractivity contribution in [3.8, 4) is 0 Å². The summed E-state index contributed by atoms with van der Waals surface area (Å²) in [5, 5.41) is 0. The molecule has 1 fully saturated rings. The van der Waals surface area contributed by atoms with E-state index in [2.05, 4.69) is 20.8 Å². The SMILES string of the molecule is CC(C)(C)[C@@H]1CCCS(=O)(=O)C1. The number of hydrogen-bond acceptors (Lipinski definition) is 2. The molecular formula is C9H18O2S. The van der Waals surface area contributed by atoms with Crippen LogP contribution in [0.4, 0.5) is 0 Å². The first-order valence-corrected chi connectivity index (χ1v) is 6.34. The van der Waals surface area contributed by atoms with Crippen LogP contribution in [0.2, 0.25) is 0 Å². The smallest absolute Gasteiger partial charge is 0.150 e. The molecule has 2 nitrogen and oxygen atoms in total. The van der Waals surface area contributed by atoms with E-state index in [0.717, 1.165) is 12.8 Å². The molecule has 0 spiro atoms. The van der Waals surface area contributed by atoms with Gasteiger partial charge in [-0.1, -0.05) is 20.8 Å². The van der Waals surface area contributed by atoms with Gasteiger partial charge in [0, 0.05) is 0 Å². The van der Waals surface area contributed by atoms with E-state index in [0.29, 0.717) is 17.4 Å². The highest BCUT2D eigenvalue weighted by Gasteiger charge is 2.32. The highest BCUT2D eigenvalue weighted by Crippen LogP contribution is 2.33. The molecule has 1 aliphatic rings. The van der Waals surface area contributed by atoms with Gasteiger partial charge in [0.25, 0.3) is 0 Å². The summed E-state index contributed by atoms with van der Waals surface area (Å²) in [5.41, 5.74) is 0.146. The van der Waals surface area contributed by atoms with Crippen LogP contribution in [0.5, 0.6) is 0 Å². The third-order valence-electron chi connectivity index (χ3n) is 2.69. The summed E-state index contributed by atoms with van der Waals surface area (Å²) < 4.78 is 22.6. The van der Waals surface area contributed by atoms with E-state index in [4.69, 9.17) is 0 Å². The molecule has 0 aliphatic carbocycles. The van der Waals surface area contributed by atoms with Crippen molar-refractivity contribution < 1.29 is 8.42 Å². The summed E-state index contributed by atoms with van der Waals surface area (Å²) in [6.07, 6.45) is 1.92. The Morgan fingerprint density at radius 1 is 1.25 bits per heavy atom. The van der Waals surface area contributed by atoms with E-state index >= 15 is 0 Å². The van der Waals surface area contributed by atoms with Crippen LogP contribution in [-0.4, -0.2) is 19.9 Å². The van der Waals surface area contributed by atoms with Crippen LogP contribution in [0.15, 0.2) is 0 Å². The van der Waals surface area contributed by atoms with E-state index in [9.17, 15) is 8.42 Å². The lowest BCUT2D eigenvalue weighted by molar-refractivity contribution is 0.241. The lowest BCUT2D eigenvalue weighted by Crippen LogP contribution is -2.33. The van der Waals surface area contributed by atoms with E-state index < -0.39 is 9.84 Å². The van der Waals surface area contributed by atoms with Gasteiger partial charge in [0.05, 0.1) is 11.5 Å². The number of sulfone groups is 1. The molecule has 0 aromatic rings. The quantitative estimate of drug-likeness (QED) is 0.584. The minimum absolute atomic E-state index is 0.146. The van der Waals surface area contributed by atoms with Crippen molar-refractivity contribution in [1.82, 2.24) is 0 Å². The van der Waals surface area contributed by atoms with Crippen LogP contribution in [-0.2, 0) is 9.84 Å². The number of hydrogen-bond donors (Lipinski definition) is 0. The first kappa shape index (κ1) is 10.0. The largest absolute Gasteiger partial charge is 0.229 e. The summed E-state index contributed by atoms with van der Waals surface area (Å²) in [4.78, 5) is 0. The van der Waals surface area contributed by atoms with Gasteiger partial charge in [-0.2, -0.15) is 0 Å². The maximum atomic E-state index is 11.3. The molecular weight excluding hydrogens is 172 g/mol. The Morgan fingerprint density at radius 2 is 1.83 bits per heavy atom. The Hall–Kier alpha value is -0.0500. The first-order chi connectivity index (χ1) is 5.31. The molecule has 1 aliphatic heterocycles. The molecule has 0 unspecified atom stereocenters. The Kier molecular flexibility index (Phi) is 2.52. The second-order valence-electron chi connectivity index (χ2n) is 4.82. The molecule has 0 aromatic heterocycles. The van der Waals surface area contributed by atoms with E-state index in [1.165, 1.54) is 0 Å². The van der Waals surface area contributed by atoms with Crippen molar-refractivity contribution >= 4 is 9.84 Å². The van der Waals surface area contributed by atoms with Crippen LogP contribution < -0.4 is 0 Å². The van der Waals surface area contributed by atoms with Gasteiger partial charge in [0.15, 0.2) is 9.84 Å². The second-order valence-corrected chi connectivity index (χ2v) is 7.05. The fourth-order valence-corrected chi connectivity index (χ4v) is 3.76. The minimum atomic E-state index is -2.72. The predicted octanol–water partition coefficient (Wildman–Crippen LogP) is 1.86. The molecule has 12 heavy (non-hydrogen) atoms. The molecule has 0 N–H and O–H groups in total. The van der Waals surface area contributed by atoms with Gasteiger partial charge < -0.3 is 0 Å². The molecule has 1 rings (SSSR count). The molecule has 1 saturated heterocycles. The molecule has 1 atom stereocenters. The lowest BCUT2D eigenvalue weighted by atomic mass is 9.79. The van der Waals surface area contributed by atoms with Crippen molar-refractivity contribution in [2.45, 2.75) is 33.6 Å². The Bertz CT molecular complexity index is 246. The Morgan fingerprint density at radius 3 is 2.17 bits per heavy atom. The molecule has 0 amide bonds.